The molecule has 2 rings (SSSR count). The van der Waals surface area contributed by atoms with Crippen molar-refractivity contribution >= 4 is 33.3 Å². The van der Waals surface area contributed by atoms with Gasteiger partial charge in [0.1, 0.15) is 16.7 Å². The van der Waals surface area contributed by atoms with Crippen molar-refractivity contribution in [1.82, 2.24) is 9.78 Å². The molecule has 0 amide bonds. The highest BCUT2D eigenvalue weighted by Crippen LogP contribution is 2.25. The summed E-state index contributed by atoms with van der Waals surface area (Å²) in [5.74, 6) is 0.128. The third kappa shape index (κ3) is 2.45. The van der Waals surface area contributed by atoms with E-state index in [0.717, 1.165) is 5.56 Å². The van der Waals surface area contributed by atoms with Crippen LogP contribution in [-0.4, -0.2) is 9.78 Å². The van der Waals surface area contributed by atoms with Gasteiger partial charge in [0.05, 0.1) is 12.2 Å². The fraction of sp³-hybridized carbons (Fsp3) is 0.182. The number of nitrogen functional groups attached to an aromatic ring is 1. The van der Waals surface area contributed by atoms with Gasteiger partial charge >= 0.3 is 0 Å². The standard InChI is InChI=1S/C11H10BrClFN3/c1-6-10(13)11(15)17(16-6)5-7-2-3-8(14)4-9(7)12/h2-4H,5,15H2,1H3. The lowest BCUT2D eigenvalue weighted by atomic mass is 10.2. The summed E-state index contributed by atoms with van der Waals surface area (Å²) in [6.07, 6.45) is 0. The van der Waals surface area contributed by atoms with Crippen LogP contribution in [0, 0.1) is 12.7 Å². The van der Waals surface area contributed by atoms with E-state index in [4.69, 9.17) is 17.3 Å². The Bertz CT molecular complexity index is 568. The Hall–Kier alpha value is -1.07. The fourth-order valence-corrected chi connectivity index (χ4v) is 2.12. The number of halogens is 3. The molecule has 0 aliphatic carbocycles. The molecule has 0 saturated carbocycles. The molecule has 1 aromatic heterocycles. The maximum absolute atomic E-state index is 12.9. The number of anilines is 1. The normalized spacial score (nSPS) is 10.8. The zero-order valence-corrected chi connectivity index (χ0v) is 11.4. The van der Waals surface area contributed by atoms with Gasteiger partial charge in [-0.15, -0.1) is 0 Å². The van der Waals surface area contributed by atoms with Crippen molar-refractivity contribution in [2.45, 2.75) is 13.5 Å². The summed E-state index contributed by atoms with van der Waals surface area (Å²) in [7, 11) is 0. The Morgan fingerprint density at radius 2 is 2.24 bits per heavy atom. The molecule has 6 heteroatoms. The molecule has 1 heterocycles. The topological polar surface area (TPSA) is 43.8 Å². The molecule has 2 N–H and O–H groups in total. The van der Waals surface area contributed by atoms with Gasteiger partial charge in [-0.25, -0.2) is 9.07 Å². The van der Waals surface area contributed by atoms with Crippen LogP contribution in [0.15, 0.2) is 22.7 Å². The molecule has 3 nitrogen and oxygen atoms in total. The minimum absolute atomic E-state index is 0.289. The van der Waals surface area contributed by atoms with E-state index in [2.05, 4.69) is 21.0 Å². The van der Waals surface area contributed by atoms with E-state index in [1.54, 1.807) is 17.7 Å². The number of aromatic nitrogens is 2. The minimum Gasteiger partial charge on any atom is -0.383 e. The molecular weight excluding hydrogens is 308 g/mol. The van der Waals surface area contributed by atoms with E-state index in [-0.39, 0.29) is 5.82 Å². The highest BCUT2D eigenvalue weighted by atomic mass is 79.9. The van der Waals surface area contributed by atoms with E-state index in [0.29, 0.717) is 27.6 Å². The van der Waals surface area contributed by atoms with Crippen LogP contribution in [0.2, 0.25) is 5.02 Å². The number of rotatable bonds is 2. The molecule has 90 valence electrons. The monoisotopic (exact) mass is 317 g/mol. The minimum atomic E-state index is -0.289. The molecule has 2 aromatic rings. The average Bonchev–Trinajstić information content (AvgIpc) is 2.50. The molecule has 0 fully saturated rings. The number of benzene rings is 1. The summed E-state index contributed by atoms with van der Waals surface area (Å²) in [5.41, 5.74) is 7.38. The van der Waals surface area contributed by atoms with Gasteiger partial charge in [0, 0.05) is 4.47 Å². The van der Waals surface area contributed by atoms with E-state index >= 15 is 0 Å². The lowest BCUT2D eigenvalue weighted by molar-refractivity contribution is 0.623. The predicted molar refractivity (Wildman–Crippen MR) is 69.6 cm³/mol. The Labute approximate surface area is 112 Å². The SMILES string of the molecule is Cc1nn(Cc2ccc(F)cc2Br)c(N)c1Cl. The van der Waals surface area contributed by atoms with Gasteiger partial charge < -0.3 is 5.73 Å². The quantitative estimate of drug-likeness (QED) is 0.922. The van der Waals surface area contributed by atoms with Gasteiger partial charge in [-0.3, -0.25) is 0 Å². The molecular formula is C11H10BrClFN3. The Balaban J connectivity index is 2.34. The van der Waals surface area contributed by atoms with Gasteiger partial charge in [-0.2, -0.15) is 5.10 Å². The molecule has 0 aliphatic heterocycles. The third-order valence-electron chi connectivity index (χ3n) is 2.43. The third-order valence-corrected chi connectivity index (χ3v) is 3.63. The van der Waals surface area contributed by atoms with Crippen LogP contribution in [-0.2, 0) is 6.54 Å². The lowest BCUT2D eigenvalue weighted by Gasteiger charge is -2.06. The molecule has 0 unspecified atom stereocenters. The van der Waals surface area contributed by atoms with Gasteiger partial charge in [0.15, 0.2) is 0 Å². The molecule has 0 atom stereocenters. The number of aryl methyl sites for hydroxylation is 1. The zero-order chi connectivity index (χ0) is 12.6. The van der Waals surface area contributed by atoms with Crippen molar-refractivity contribution in [1.29, 1.82) is 0 Å². The van der Waals surface area contributed by atoms with Crippen LogP contribution in [0.4, 0.5) is 10.2 Å². The van der Waals surface area contributed by atoms with Crippen LogP contribution in [0.25, 0.3) is 0 Å². The van der Waals surface area contributed by atoms with E-state index in [1.165, 1.54) is 12.1 Å². The maximum Gasteiger partial charge on any atom is 0.141 e. The molecule has 17 heavy (non-hydrogen) atoms. The summed E-state index contributed by atoms with van der Waals surface area (Å²) in [5, 5.41) is 4.68. The van der Waals surface area contributed by atoms with Gasteiger partial charge in [-0.1, -0.05) is 33.6 Å². The number of hydrogen-bond acceptors (Lipinski definition) is 2. The van der Waals surface area contributed by atoms with Crippen LogP contribution in [0.1, 0.15) is 11.3 Å². The zero-order valence-electron chi connectivity index (χ0n) is 9.04. The molecule has 0 aliphatic rings. The van der Waals surface area contributed by atoms with Crippen molar-refractivity contribution in [2.24, 2.45) is 0 Å². The van der Waals surface area contributed by atoms with Crippen molar-refractivity contribution in [3.05, 3.63) is 44.8 Å². The summed E-state index contributed by atoms with van der Waals surface area (Å²) in [6.45, 7) is 2.23. The van der Waals surface area contributed by atoms with Crippen molar-refractivity contribution in [3.63, 3.8) is 0 Å². The summed E-state index contributed by atoms with van der Waals surface area (Å²) in [4.78, 5) is 0. The van der Waals surface area contributed by atoms with E-state index in [9.17, 15) is 4.39 Å². The number of hydrogen-bond donors (Lipinski definition) is 1. The molecule has 0 saturated heterocycles. The van der Waals surface area contributed by atoms with Gasteiger partial charge in [-0.05, 0) is 24.6 Å². The van der Waals surface area contributed by atoms with Crippen LogP contribution in [0.3, 0.4) is 0 Å². The second-order valence-electron chi connectivity index (χ2n) is 3.68. The first-order chi connectivity index (χ1) is 7.99. The average molecular weight is 319 g/mol. The van der Waals surface area contributed by atoms with Crippen LogP contribution < -0.4 is 5.73 Å². The first kappa shape index (κ1) is 12.4. The summed E-state index contributed by atoms with van der Waals surface area (Å²) < 4.78 is 15.2. The Kier molecular flexibility index (Phi) is 3.40. The Morgan fingerprint density at radius 1 is 1.53 bits per heavy atom. The summed E-state index contributed by atoms with van der Waals surface area (Å²) in [6, 6.07) is 4.49. The summed E-state index contributed by atoms with van der Waals surface area (Å²) >= 11 is 9.25. The Morgan fingerprint density at radius 3 is 2.76 bits per heavy atom. The highest BCUT2D eigenvalue weighted by Gasteiger charge is 2.11. The number of nitrogens with two attached hydrogens (primary N) is 1. The lowest BCUT2D eigenvalue weighted by Crippen LogP contribution is -2.06. The smallest absolute Gasteiger partial charge is 0.141 e. The van der Waals surface area contributed by atoms with Crippen LogP contribution >= 0.6 is 27.5 Å². The van der Waals surface area contributed by atoms with Crippen LogP contribution in [0.5, 0.6) is 0 Å². The highest BCUT2D eigenvalue weighted by molar-refractivity contribution is 9.10. The van der Waals surface area contributed by atoms with Crippen molar-refractivity contribution < 1.29 is 4.39 Å². The molecule has 0 bridgehead atoms. The van der Waals surface area contributed by atoms with Crippen molar-refractivity contribution in [2.75, 3.05) is 5.73 Å². The number of nitrogens with zero attached hydrogens (tertiary/aromatic N) is 2. The maximum atomic E-state index is 12.9. The fourth-order valence-electron chi connectivity index (χ4n) is 1.51. The van der Waals surface area contributed by atoms with Gasteiger partial charge in [0.2, 0.25) is 0 Å². The first-order valence-corrected chi connectivity index (χ1v) is 6.08. The second-order valence-corrected chi connectivity index (χ2v) is 4.91. The molecule has 0 spiro atoms. The van der Waals surface area contributed by atoms with E-state index in [1.807, 2.05) is 0 Å². The van der Waals surface area contributed by atoms with E-state index < -0.39 is 0 Å². The molecule has 0 radical (unpaired) electrons. The van der Waals surface area contributed by atoms with Gasteiger partial charge in [0.25, 0.3) is 0 Å². The largest absolute Gasteiger partial charge is 0.383 e. The first-order valence-electron chi connectivity index (χ1n) is 4.91. The second kappa shape index (κ2) is 4.66. The van der Waals surface area contributed by atoms with Crippen molar-refractivity contribution in [3.8, 4) is 0 Å². The predicted octanol–water partition coefficient (Wildman–Crippen LogP) is 3.38. The molecule has 1 aromatic carbocycles.